The van der Waals surface area contributed by atoms with Crippen molar-refractivity contribution in [2.75, 3.05) is 19.6 Å². The van der Waals surface area contributed by atoms with E-state index in [1.54, 1.807) is 0 Å². The largest absolute Gasteiger partial charge is 0.310 e. The molecule has 0 atom stereocenters. The number of hydrogen-bond acceptors (Lipinski definition) is 4. The molecule has 4 nitrogen and oxygen atoms in total. The van der Waals surface area contributed by atoms with Crippen LogP contribution in [0.15, 0.2) is 449 Å². The fourth-order valence-electron chi connectivity index (χ4n) is 17.0. The zero-order chi connectivity index (χ0) is 74.3. The Kier molecular flexibility index (Phi) is 17.3. The summed E-state index contributed by atoms with van der Waals surface area (Å²) in [6, 6.07) is 165. The van der Waals surface area contributed by atoms with Gasteiger partial charge in [0.1, 0.15) is 0 Å². The fraction of sp³-hybridized carbons (Fsp3) is 0. The molecule has 20 aromatic rings. The van der Waals surface area contributed by atoms with Gasteiger partial charge < -0.3 is 19.6 Å². The Balaban J connectivity index is 0.753. The molecular weight excluding hydrogens is 1350 g/mol. The molecule has 526 valence electrons. The summed E-state index contributed by atoms with van der Waals surface area (Å²) in [5, 5.41) is 14.1. The maximum atomic E-state index is 2.46. The SMILES string of the molecule is c1ccc(-c2c3ccc(N(c4ccccc4)c4cccc(-c5cccc(N(c6ccccc6)c6ccc7c(-c8ccc9ccccc9c8)c8cc(N(c9ccccc9)c9ccccc9)ccc8c(-c8ccc9ccccc9c8)c7c6)c5)c4)cc3c(-c3ccccc3)c3ccc(N(c4ccccc4)c4ccccc4)cc23)cc1. The predicted octanol–water partition coefficient (Wildman–Crippen LogP) is 30.8. The number of benzene rings is 20. The van der Waals surface area contributed by atoms with E-state index >= 15 is 0 Å². The van der Waals surface area contributed by atoms with Gasteiger partial charge in [-0.3, -0.25) is 0 Å². The second-order valence-corrected chi connectivity index (χ2v) is 28.7. The number of hydrogen-bond donors (Lipinski definition) is 0. The highest BCUT2D eigenvalue weighted by atomic mass is 15.2. The van der Waals surface area contributed by atoms with E-state index in [0.717, 1.165) is 118 Å². The second kappa shape index (κ2) is 29.0. The van der Waals surface area contributed by atoms with Crippen LogP contribution >= 0.6 is 0 Å². The summed E-state index contributed by atoms with van der Waals surface area (Å²) in [5.74, 6) is 0. The fourth-order valence-corrected chi connectivity index (χ4v) is 17.0. The zero-order valence-corrected chi connectivity index (χ0v) is 61.5. The molecule has 0 unspecified atom stereocenters. The molecule has 4 heteroatoms. The molecule has 0 fully saturated rings. The van der Waals surface area contributed by atoms with Gasteiger partial charge in [-0.15, -0.1) is 0 Å². The minimum atomic E-state index is 1.03. The first-order chi connectivity index (χ1) is 55.6. The van der Waals surface area contributed by atoms with Crippen LogP contribution in [0.1, 0.15) is 0 Å². The van der Waals surface area contributed by atoms with E-state index in [2.05, 4.69) is 469 Å². The van der Waals surface area contributed by atoms with Gasteiger partial charge in [0, 0.05) is 68.2 Å². The van der Waals surface area contributed by atoms with Crippen molar-refractivity contribution >= 4 is 133 Å². The average molecular weight is 1430 g/mol. The number of fused-ring (bicyclic) bond motifs is 6. The molecule has 0 aliphatic carbocycles. The van der Waals surface area contributed by atoms with Gasteiger partial charge in [0.15, 0.2) is 0 Å². The van der Waals surface area contributed by atoms with Crippen LogP contribution in [0.25, 0.3) is 120 Å². The Bertz CT molecular complexity index is 6780. The van der Waals surface area contributed by atoms with Crippen molar-refractivity contribution in [2.45, 2.75) is 0 Å². The summed E-state index contributed by atoms with van der Waals surface area (Å²) in [5.41, 5.74) is 24.3. The lowest BCUT2D eigenvalue weighted by Gasteiger charge is -2.29. The van der Waals surface area contributed by atoms with E-state index in [9.17, 15) is 0 Å². The van der Waals surface area contributed by atoms with Crippen molar-refractivity contribution in [1.29, 1.82) is 0 Å². The Hall–Kier alpha value is -14.8. The summed E-state index contributed by atoms with van der Waals surface area (Å²) in [6.45, 7) is 0. The number of rotatable bonds is 17. The molecule has 0 radical (unpaired) electrons. The van der Waals surface area contributed by atoms with Gasteiger partial charge in [0.2, 0.25) is 0 Å². The normalized spacial score (nSPS) is 11.4. The van der Waals surface area contributed by atoms with E-state index in [1.807, 2.05) is 0 Å². The highest BCUT2D eigenvalue weighted by molar-refractivity contribution is 6.25. The van der Waals surface area contributed by atoms with Crippen LogP contribution in [-0.4, -0.2) is 0 Å². The smallest absolute Gasteiger partial charge is 0.0468 e. The Morgan fingerprint density at radius 2 is 0.321 bits per heavy atom. The molecule has 0 saturated heterocycles. The Morgan fingerprint density at radius 3 is 0.607 bits per heavy atom. The van der Waals surface area contributed by atoms with Crippen LogP contribution in [0.2, 0.25) is 0 Å². The quantitative estimate of drug-likeness (QED) is 0.0843. The summed E-state index contributed by atoms with van der Waals surface area (Å²) in [6.07, 6.45) is 0. The molecule has 0 aliphatic rings. The Labute approximate surface area is 652 Å². The van der Waals surface area contributed by atoms with Gasteiger partial charge in [-0.2, -0.15) is 0 Å². The predicted molar refractivity (Wildman–Crippen MR) is 477 cm³/mol. The van der Waals surface area contributed by atoms with Gasteiger partial charge in [-0.1, -0.05) is 291 Å². The van der Waals surface area contributed by atoms with Crippen molar-refractivity contribution in [2.24, 2.45) is 0 Å². The van der Waals surface area contributed by atoms with Gasteiger partial charge in [-0.05, 0) is 278 Å². The van der Waals surface area contributed by atoms with Crippen LogP contribution in [0.4, 0.5) is 68.2 Å². The Morgan fingerprint density at radius 1 is 0.107 bits per heavy atom. The molecule has 0 aliphatic heterocycles. The third-order valence-electron chi connectivity index (χ3n) is 22.0. The molecule has 0 saturated carbocycles. The third kappa shape index (κ3) is 12.4. The van der Waals surface area contributed by atoms with Crippen LogP contribution < -0.4 is 19.6 Å². The molecule has 0 bridgehead atoms. The first-order valence-corrected chi connectivity index (χ1v) is 38.4. The van der Waals surface area contributed by atoms with Crippen molar-refractivity contribution in [3.63, 3.8) is 0 Å². The molecule has 0 aromatic heterocycles. The molecule has 0 spiro atoms. The van der Waals surface area contributed by atoms with Crippen LogP contribution in [0, 0.1) is 0 Å². The van der Waals surface area contributed by atoms with Crippen LogP contribution in [0.5, 0.6) is 0 Å². The van der Waals surface area contributed by atoms with Gasteiger partial charge in [-0.25, -0.2) is 0 Å². The summed E-state index contributed by atoms with van der Waals surface area (Å²) in [4.78, 5) is 9.60. The van der Waals surface area contributed by atoms with Crippen LogP contribution in [-0.2, 0) is 0 Å². The van der Waals surface area contributed by atoms with Gasteiger partial charge in [0.05, 0.1) is 0 Å². The van der Waals surface area contributed by atoms with E-state index in [0.29, 0.717) is 0 Å². The van der Waals surface area contributed by atoms with E-state index in [4.69, 9.17) is 0 Å². The molecule has 20 rings (SSSR count). The number of anilines is 12. The molecule has 0 N–H and O–H groups in total. The lowest BCUT2D eigenvalue weighted by Crippen LogP contribution is -2.11. The van der Waals surface area contributed by atoms with Crippen molar-refractivity contribution in [3.05, 3.63) is 449 Å². The number of para-hydroxylation sites is 6. The highest BCUT2D eigenvalue weighted by Crippen LogP contribution is 2.52. The molecule has 0 amide bonds. The lowest BCUT2D eigenvalue weighted by atomic mass is 9.84. The highest BCUT2D eigenvalue weighted by Gasteiger charge is 2.26. The molecular formula is C108H74N4. The second-order valence-electron chi connectivity index (χ2n) is 28.7. The number of nitrogens with zero attached hydrogens (tertiary/aromatic N) is 4. The minimum absolute atomic E-state index is 1.03. The standard InChI is InChI=1S/C108H74N4/c1-9-33-77(34-10-1)105-98-64-61-95(73-102(98)106(78-35-11-2-12-36-78)97-63-59-93(71-101(97)105)109(85-41-13-3-14-42-85)86-43-15-4-16-44-86)111(89-49-21-7-22-50-89)91-53-29-39-81(69-91)82-40-30-54-92(70-82)112(90-51-23-8-24-52-90)96-62-66-100-104(74-96)108(84-58-56-76-32-26-28-38-80(76)68-84)99-65-60-94(110(87-45-17-5-18-46-87)88-47-19-6-20-48-88)72-103(99)107(100)83-57-55-75-31-25-27-37-79(75)67-83/h1-74H. The summed E-state index contributed by atoms with van der Waals surface area (Å²) < 4.78 is 0. The van der Waals surface area contributed by atoms with E-state index in [1.165, 1.54) is 70.7 Å². The topological polar surface area (TPSA) is 13.0 Å². The molecule has 112 heavy (non-hydrogen) atoms. The summed E-state index contributed by atoms with van der Waals surface area (Å²) >= 11 is 0. The zero-order valence-electron chi connectivity index (χ0n) is 61.5. The first kappa shape index (κ1) is 66.6. The van der Waals surface area contributed by atoms with E-state index in [-0.39, 0.29) is 0 Å². The average Bonchev–Trinajstić information content (AvgIpc) is 0.726. The summed E-state index contributed by atoms with van der Waals surface area (Å²) in [7, 11) is 0. The van der Waals surface area contributed by atoms with Crippen molar-refractivity contribution < 1.29 is 0 Å². The first-order valence-electron chi connectivity index (χ1n) is 38.4. The lowest BCUT2D eigenvalue weighted by molar-refractivity contribution is 1.28. The van der Waals surface area contributed by atoms with E-state index < -0.39 is 0 Å². The minimum Gasteiger partial charge on any atom is -0.310 e. The van der Waals surface area contributed by atoms with Gasteiger partial charge >= 0.3 is 0 Å². The van der Waals surface area contributed by atoms with Gasteiger partial charge in [0.25, 0.3) is 0 Å². The maximum absolute atomic E-state index is 2.46. The molecule has 0 heterocycles. The monoisotopic (exact) mass is 1430 g/mol. The molecule has 20 aromatic carbocycles. The third-order valence-corrected chi connectivity index (χ3v) is 22.0. The van der Waals surface area contributed by atoms with Crippen LogP contribution in [0.3, 0.4) is 0 Å². The van der Waals surface area contributed by atoms with Crippen molar-refractivity contribution in [1.82, 2.24) is 0 Å². The maximum Gasteiger partial charge on any atom is 0.0468 e. The van der Waals surface area contributed by atoms with Crippen molar-refractivity contribution in [3.8, 4) is 55.6 Å².